The summed E-state index contributed by atoms with van der Waals surface area (Å²) >= 11 is 0. The highest BCUT2D eigenvalue weighted by atomic mass is 16.6. The van der Waals surface area contributed by atoms with E-state index >= 15 is 0 Å². The summed E-state index contributed by atoms with van der Waals surface area (Å²) < 4.78 is 19.7. The molecule has 8 heteroatoms. The van der Waals surface area contributed by atoms with Crippen molar-refractivity contribution in [1.29, 1.82) is 0 Å². The van der Waals surface area contributed by atoms with Crippen LogP contribution in [0.5, 0.6) is 5.75 Å². The molecule has 1 aromatic heterocycles. The van der Waals surface area contributed by atoms with Gasteiger partial charge in [0.2, 0.25) is 0 Å². The van der Waals surface area contributed by atoms with Crippen LogP contribution in [0.25, 0.3) is 16.9 Å². The average Bonchev–Trinajstić information content (AvgIpc) is 3.37. The number of hydrogen-bond acceptors (Lipinski definition) is 7. The number of ether oxygens (including phenoxy) is 3. The zero-order valence-corrected chi connectivity index (χ0v) is 28.3. The van der Waals surface area contributed by atoms with Crippen LogP contribution in [0.4, 0.5) is 0 Å². The van der Waals surface area contributed by atoms with E-state index in [1.165, 1.54) is 0 Å². The maximum atomic E-state index is 14.0. The number of carbonyl (C=O) groups is 2. The Morgan fingerprint density at radius 2 is 1.44 bits per heavy atom. The second kappa shape index (κ2) is 13.3. The highest BCUT2D eigenvalue weighted by molar-refractivity contribution is 6.00. The molecule has 0 atom stereocenters. The van der Waals surface area contributed by atoms with Crippen molar-refractivity contribution in [2.24, 2.45) is 0 Å². The minimum atomic E-state index is -0.816. The number of aryl methyl sites for hydroxylation is 1. The second-order valence-corrected chi connectivity index (χ2v) is 13.5. The Hall–Kier alpha value is -4.33. The lowest BCUT2D eigenvalue weighted by Crippen LogP contribution is -2.36. The van der Waals surface area contributed by atoms with Gasteiger partial charge >= 0.3 is 11.9 Å². The van der Waals surface area contributed by atoms with Crippen LogP contribution in [-0.4, -0.2) is 39.5 Å². The SMILES string of the molecule is CCCCOc1ccc(-c2nn(-c3ccccc3)cc2C2C(C(=O)OC(C)(C)C)=C(C)NC(C)=C2C(=O)OC(C)(C)C)cc1C. The van der Waals surface area contributed by atoms with Gasteiger partial charge in [0, 0.05) is 28.7 Å². The number of benzene rings is 2. The molecule has 2 aromatic carbocycles. The van der Waals surface area contributed by atoms with Crippen molar-refractivity contribution in [3.63, 3.8) is 0 Å². The summed E-state index contributed by atoms with van der Waals surface area (Å²) in [4.78, 5) is 28.0. The van der Waals surface area contributed by atoms with Gasteiger partial charge in [-0.2, -0.15) is 5.10 Å². The number of unbranched alkanes of at least 4 members (excludes halogenated alkanes) is 1. The van der Waals surface area contributed by atoms with Crippen molar-refractivity contribution in [2.75, 3.05) is 6.61 Å². The van der Waals surface area contributed by atoms with Gasteiger partial charge in [-0.25, -0.2) is 14.3 Å². The highest BCUT2D eigenvalue weighted by Crippen LogP contribution is 2.44. The van der Waals surface area contributed by atoms with Crippen LogP contribution in [0, 0.1) is 6.92 Å². The quantitative estimate of drug-likeness (QED) is 0.193. The number of dihydropyridines is 1. The van der Waals surface area contributed by atoms with Crippen molar-refractivity contribution in [2.45, 2.75) is 99.2 Å². The van der Waals surface area contributed by atoms with Gasteiger partial charge in [-0.3, -0.25) is 0 Å². The van der Waals surface area contributed by atoms with Gasteiger partial charge in [0.05, 0.1) is 35.1 Å². The maximum absolute atomic E-state index is 14.0. The summed E-state index contributed by atoms with van der Waals surface area (Å²) in [5.74, 6) is -1.03. The third-order valence-corrected chi connectivity index (χ3v) is 7.28. The van der Waals surface area contributed by atoms with Crippen LogP contribution in [-0.2, 0) is 19.1 Å². The number of allylic oxidation sites excluding steroid dienone is 2. The van der Waals surface area contributed by atoms with Crippen molar-refractivity contribution in [3.8, 4) is 22.7 Å². The van der Waals surface area contributed by atoms with Gasteiger partial charge in [0.15, 0.2) is 0 Å². The number of nitrogens with zero attached hydrogens (tertiary/aromatic N) is 2. The first-order valence-electron chi connectivity index (χ1n) is 15.6. The zero-order valence-electron chi connectivity index (χ0n) is 28.3. The summed E-state index contributed by atoms with van der Waals surface area (Å²) in [6, 6.07) is 15.7. The molecule has 1 aliphatic heterocycles. The molecule has 8 nitrogen and oxygen atoms in total. The Kier molecular flexibility index (Phi) is 9.95. The topological polar surface area (TPSA) is 91.7 Å². The molecule has 240 valence electrons. The zero-order chi connectivity index (χ0) is 33.1. The molecule has 0 unspecified atom stereocenters. The van der Waals surface area contributed by atoms with Gasteiger partial charge in [-0.05, 0) is 105 Å². The Labute approximate surface area is 267 Å². The van der Waals surface area contributed by atoms with Crippen LogP contribution in [0.2, 0.25) is 0 Å². The molecule has 0 bridgehead atoms. The number of hydrogen-bond donors (Lipinski definition) is 1. The van der Waals surface area contributed by atoms with E-state index in [-0.39, 0.29) is 0 Å². The average molecular weight is 614 g/mol. The monoisotopic (exact) mass is 613 g/mol. The minimum Gasteiger partial charge on any atom is -0.493 e. The second-order valence-electron chi connectivity index (χ2n) is 13.5. The maximum Gasteiger partial charge on any atom is 0.337 e. The number of esters is 2. The first kappa shape index (κ1) is 33.6. The third-order valence-electron chi connectivity index (χ3n) is 7.28. The number of para-hydroxylation sites is 1. The van der Waals surface area contributed by atoms with E-state index in [4.69, 9.17) is 19.3 Å². The number of rotatable bonds is 9. The normalized spacial score (nSPS) is 14.4. The third kappa shape index (κ3) is 8.04. The molecule has 0 saturated heterocycles. The molecular formula is C37H47N3O5. The predicted molar refractivity (Wildman–Crippen MR) is 177 cm³/mol. The van der Waals surface area contributed by atoms with Crippen molar-refractivity contribution in [3.05, 3.63) is 88.4 Å². The molecule has 0 radical (unpaired) electrons. The Balaban J connectivity index is 1.98. The van der Waals surface area contributed by atoms with E-state index in [0.29, 0.717) is 40.4 Å². The van der Waals surface area contributed by atoms with Crippen molar-refractivity contribution < 1.29 is 23.8 Å². The minimum absolute atomic E-state index is 0.335. The number of aromatic nitrogens is 2. The molecule has 1 aliphatic rings. The van der Waals surface area contributed by atoms with Gasteiger partial charge in [0.1, 0.15) is 17.0 Å². The van der Waals surface area contributed by atoms with Crippen LogP contribution < -0.4 is 10.1 Å². The molecule has 45 heavy (non-hydrogen) atoms. The molecule has 3 aromatic rings. The summed E-state index contributed by atoms with van der Waals surface area (Å²) in [5, 5.41) is 8.33. The lowest BCUT2D eigenvalue weighted by molar-refractivity contribution is -0.150. The van der Waals surface area contributed by atoms with Crippen molar-refractivity contribution >= 4 is 11.9 Å². The van der Waals surface area contributed by atoms with E-state index in [9.17, 15) is 9.59 Å². The van der Waals surface area contributed by atoms with E-state index in [1.807, 2.05) is 117 Å². The molecule has 2 heterocycles. The molecule has 0 saturated carbocycles. The first-order chi connectivity index (χ1) is 21.1. The lowest BCUT2D eigenvalue weighted by atomic mass is 9.79. The van der Waals surface area contributed by atoms with Gasteiger partial charge in [-0.15, -0.1) is 0 Å². The fourth-order valence-electron chi connectivity index (χ4n) is 5.33. The molecule has 0 fully saturated rings. The highest BCUT2D eigenvalue weighted by Gasteiger charge is 2.42. The van der Waals surface area contributed by atoms with Crippen LogP contribution in [0.3, 0.4) is 0 Å². The van der Waals surface area contributed by atoms with E-state index in [0.717, 1.165) is 35.4 Å². The number of nitrogens with one attached hydrogen (secondary N) is 1. The fraction of sp³-hybridized carbons (Fsp3) is 0.432. The van der Waals surface area contributed by atoms with Gasteiger partial charge in [0.25, 0.3) is 0 Å². The standard InChI is InChI=1S/C37H47N3O5/c1-11-12-20-43-29-19-18-26(21-23(29)2)33-28(22-40(39-33)27-16-14-13-15-17-27)32-30(34(41)44-36(5,6)7)24(3)38-25(4)31(32)35(42)45-37(8,9)10/h13-19,21-22,32,38H,11-12,20H2,1-10H3. The first-order valence-corrected chi connectivity index (χ1v) is 15.6. The Morgan fingerprint density at radius 3 is 1.96 bits per heavy atom. The summed E-state index contributed by atoms with van der Waals surface area (Å²) in [6.45, 7) is 19.4. The Bertz CT molecular complexity index is 1570. The molecular weight excluding hydrogens is 566 g/mol. The summed E-state index contributed by atoms with van der Waals surface area (Å²) in [6.07, 6.45) is 3.92. The van der Waals surface area contributed by atoms with Crippen LogP contribution in [0.1, 0.15) is 92.2 Å². The molecule has 0 amide bonds. The van der Waals surface area contributed by atoms with E-state index in [1.54, 1.807) is 4.68 Å². The predicted octanol–water partition coefficient (Wildman–Crippen LogP) is 7.94. The fourth-order valence-corrected chi connectivity index (χ4v) is 5.33. The molecule has 1 N–H and O–H groups in total. The largest absolute Gasteiger partial charge is 0.493 e. The number of carbonyl (C=O) groups excluding carboxylic acids is 2. The molecule has 4 rings (SSSR count). The van der Waals surface area contributed by atoms with Crippen molar-refractivity contribution in [1.82, 2.24) is 15.1 Å². The van der Waals surface area contributed by atoms with Gasteiger partial charge in [-0.1, -0.05) is 31.5 Å². The van der Waals surface area contributed by atoms with E-state index < -0.39 is 29.1 Å². The Morgan fingerprint density at radius 1 is 0.867 bits per heavy atom. The van der Waals surface area contributed by atoms with E-state index in [2.05, 4.69) is 12.2 Å². The molecule has 0 aliphatic carbocycles. The lowest BCUT2D eigenvalue weighted by Gasteiger charge is -2.33. The summed E-state index contributed by atoms with van der Waals surface area (Å²) in [5.41, 5.74) is 4.33. The van der Waals surface area contributed by atoms with Crippen LogP contribution in [0.15, 0.2) is 77.3 Å². The smallest absolute Gasteiger partial charge is 0.337 e. The molecule has 0 spiro atoms. The summed E-state index contributed by atoms with van der Waals surface area (Å²) in [7, 11) is 0. The van der Waals surface area contributed by atoms with Gasteiger partial charge < -0.3 is 19.5 Å². The van der Waals surface area contributed by atoms with Crippen LogP contribution >= 0.6 is 0 Å².